The molecule has 2 atom stereocenters. The standard InChI is InChI=1S/C21H30N2O4.2ClH/c1-4-21(3,5-2)27-15-18(24)14-23-10-8-22(9-11-23)13-17-6-7-19-20(12-17)26-16-25-19;;/h1,6-7,12,18,24H,5,8-11,13-16H2,2-3H3;2*1H. The Morgan fingerprint density at radius 3 is 2.48 bits per heavy atom. The van der Waals surface area contributed by atoms with Gasteiger partial charge in [-0.2, -0.15) is 0 Å². The molecule has 1 fully saturated rings. The second-order valence-electron chi connectivity index (χ2n) is 7.46. The van der Waals surface area contributed by atoms with E-state index >= 15 is 0 Å². The summed E-state index contributed by atoms with van der Waals surface area (Å²) in [4.78, 5) is 4.70. The molecule has 2 heterocycles. The van der Waals surface area contributed by atoms with Crippen LogP contribution in [-0.4, -0.2) is 72.7 Å². The fraction of sp³-hybridized carbons (Fsp3) is 0.619. The van der Waals surface area contributed by atoms with Crippen LogP contribution in [0.25, 0.3) is 0 Å². The van der Waals surface area contributed by atoms with Crippen LogP contribution in [0.5, 0.6) is 11.5 Å². The van der Waals surface area contributed by atoms with Gasteiger partial charge < -0.3 is 19.3 Å². The Labute approximate surface area is 186 Å². The Kier molecular flexibility index (Phi) is 10.6. The fourth-order valence-electron chi connectivity index (χ4n) is 3.30. The van der Waals surface area contributed by atoms with Gasteiger partial charge in [0.2, 0.25) is 6.79 Å². The van der Waals surface area contributed by atoms with Gasteiger partial charge >= 0.3 is 0 Å². The average Bonchev–Trinajstić information content (AvgIpc) is 3.15. The summed E-state index contributed by atoms with van der Waals surface area (Å²) in [6.07, 6.45) is 5.72. The van der Waals surface area contributed by atoms with E-state index < -0.39 is 11.7 Å². The number of benzene rings is 1. The Balaban J connectivity index is 0.00000210. The van der Waals surface area contributed by atoms with Crippen LogP contribution in [0.15, 0.2) is 18.2 Å². The lowest BCUT2D eigenvalue weighted by molar-refractivity contribution is -0.0501. The first-order valence-corrected chi connectivity index (χ1v) is 9.64. The maximum Gasteiger partial charge on any atom is 0.231 e. The summed E-state index contributed by atoms with van der Waals surface area (Å²) < 4.78 is 16.5. The minimum atomic E-state index is -0.593. The number of β-amino-alcohol motifs (C(OH)–C–C–N with tert-alkyl or cyclic N) is 1. The number of terminal acetylenes is 1. The highest BCUT2D eigenvalue weighted by molar-refractivity contribution is 5.85. The first-order chi connectivity index (χ1) is 13.0. The van der Waals surface area contributed by atoms with Crippen LogP contribution in [-0.2, 0) is 11.3 Å². The van der Waals surface area contributed by atoms with Crippen LogP contribution in [0.1, 0.15) is 25.8 Å². The lowest BCUT2D eigenvalue weighted by atomic mass is 10.1. The largest absolute Gasteiger partial charge is 0.454 e. The minimum absolute atomic E-state index is 0. The highest BCUT2D eigenvalue weighted by Crippen LogP contribution is 2.32. The van der Waals surface area contributed by atoms with E-state index in [1.165, 1.54) is 5.56 Å². The molecule has 0 radical (unpaired) electrons. The summed E-state index contributed by atoms with van der Waals surface area (Å²) in [5.74, 6) is 4.32. The fourth-order valence-corrected chi connectivity index (χ4v) is 3.30. The number of hydrogen-bond acceptors (Lipinski definition) is 6. The molecule has 0 bridgehead atoms. The van der Waals surface area contributed by atoms with Gasteiger partial charge in [-0.1, -0.05) is 18.9 Å². The summed E-state index contributed by atoms with van der Waals surface area (Å²) >= 11 is 0. The second-order valence-corrected chi connectivity index (χ2v) is 7.46. The number of rotatable bonds is 8. The van der Waals surface area contributed by atoms with Gasteiger partial charge in [0.1, 0.15) is 5.60 Å². The zero-order valence-electron chi connectivity index (χ0n) is 17.1. The van der Waals surface area contributed by atoms with E-state index in [9.17, 15) is 5.11 Å². The molecule has 3 rings (SSSR count). The topological polar surface area (TPSA) is 54.4 Å². The van der Waals surface area contributed by atoms with Gasteiger partial charge in [0, 0.05) is 39.3 Å². The molecule has 6 nitrogen and oxygen atoms in total. The van der Waals surface area contributed by atoms with Gasteiger partial charge in [-0.25, -0.2) is 0 Å². The molecule has 1 aromatic carbocycles. The molecule has 1 aromatic rings. The quantitative estimate of drug-likeness (QED) is 0.619. The van der Waals surface area contributed by atoms with Crippen molar-refractivity contribution in [2.45, 2.75) is 38.5 Å². The third-order valence-electron chi connectivity index (χ3n) is 5.35. The van der Waals surface area contributed by atoms with Crippen molar-refractivity contribution in [3.8, 4) is 23.8 Å². The Bertz CT molecular complexity index is 677. The van der Waals surface area contributed by atoms with Crippen LogP contribution in [0, 0.1) is 12.3 Å². The third-order valence-corrected chi connectivity index (χ3v) is 5.35. The number of ether oxygens (including phenoxy) is 3. The molecular weight excluding hydrogens is 415 g/mol. The summed E-state index contributed by atoms with van der Waals surface area (Å²) in [5, 5.41) is 10.3. The van der Waals surface area contributed by atoms with Crippen molar-refractivity contribution in [2.24, 2.45) is 0 Å². The Morgan fingerprint density at radius 2 is 1.83 bits per heavy atom. The molecular formula is C21H32Cl2N2O4. The molecule has 1 saturated heterocycles. The van der Waals surface area contributed by atoms with Crippen LogP contribution >= 0.6 is 24.8 Å². The summed E-state index contributed by atoms with van der Waals surface area (Å²) in [7, 11) is 0. The number of halogens is 2. The summed E-state index contributed by atoms with van der Waals surface area (Å²) in [6.45, 7) is 9.77. The van der Waals surface area contributed by atoms with Crippen LogP contribution in [0.4, 0.5) is 0 Å². The lowest BCUT2D eigenvalue weighted by Gasteiger charge is -2.36. The highest BCUT2D eigenvalue weighted by atomic mass is 35.5. The maximum atomic E-state index is 10.3. The number of nitrogens with zero attached hydrogens (tertiary/aromatic N) is 2. The van der Waals surface area contributed by atoms with Crippen molar-refractivity contribution in [2.75, 3.05) is 46.1 Å². The minimum Gasteiger partial charge on any atom is -0.454 e. The summed E-state index contributed by atoms with van der Waals surface area (Å²) in [5.41, 5.74) is 0.638. The number of hydrogen-bond donors (Lipinski definition) is 1. The highest BCUT2D eigenvalue weighted by Gasteiger charge is 2.24. The molecule has 164 valence electrons. The molecule has 2 aliphatic heterocycles. The third kappa shape index (κ3) is 7.21. The zero-order valence-corrected chi connectivity index (χ0v) is 18.8. The molecule has 29 heavy (non-hydrogen) atoms. The van der Waals surface area contributed by atoms with E-state index in [1.807, 2.05) is 19.9 Å². The van der Waals surface area contributed by atoms with Gasteiger partial charge in [-0.3, -0.25) is 9.80 Å². The Hall–Kier alpha value is -1.20. The van der Waals surface area contributed by atoms with Gasteiger partial charge in [0.25, 0.3) is 0 Å². The Morgan fingerprint density at radius 1 is 1.17 bits per heavy atom. The molecule has 0 aliphatic carbocycles. The van der Waals surface area contributed by atoms with Crippen molar-refractivity contribution in [1.29, 1.82) is 0 Å². The second kappa shape index (κ2) is 11.8. The smallest absolute Gasteiger partial charge is 0.231 e. The molecule has 0 saturated carbocycles. The van der Waals surface area contributed by atoms with Gasteiger partial charge in [-0.15, -0.1) is 31.2 Å². The predicted molar refractivity (Wildman–Crippen MR) is 118 cm³/mol. The van der Waals surface area contributed by atoms with Crippen molar-refractivity contribution >= 4 is 24.8 Å². The molecule has 8 heteroatoms. The molecule has 0 aromatic heterocycles. The van der Waals surface area contributed by atoms with Crippen LogP contribution in [0.3, 0.4) is 0 Å². The maximum absolute atomic E-state index is 10.3. The van der Waals surface area contributed by atoms with E-state index in [0.29, 0.717) is 13.3 Å². The number of aliphatic hydroxyl groups is 1. The first-order valence-electron chi connectivity index (χ1n) is 9.64. The van der Waals surface area contributed by atoms with E-state index in [1.54, 1.807) is 0 Å². The molecule has 0 spiro atoms. The van der Waals surface area contributed by atoms with E-state index in [-0.39, 0.29) is 31.4 Å². The normalized spacial score (nSPS) is 19.4. The number of fused-ring (bicyclic) bond motifs is 1. The van der Waals surface area contributed by atoms with Crippen molar-refractivity contribution in [1.82, 2.24) is 9.80 Å². The molecule has 2 unspecified atom stereocenters. The molecule has 0 amide bonds. The molecule has 2 aliphatic rings. The van der Waals surface area contributed by atoms with E-state index in [2.05, 4.69) is 27.9 Å². The van der Waals surface area contributed by atoms with E-state index in [4.69, 9.17) is 20.6 Å². The zero-order chi connectivity index (χ0) is 19.3. The first kappa shape index (κ1) is 25.8. The predicted octanol–water partition coefficient (Wildman–Crippen LogP) is 2.56. The van der Waals surface area contributed by atoms with Gasteiger partial charge in [0.05, 0.1) is 12.7 Å². The monoisotopic (exact) mass is 446 g/mol. The SMILES string of the molecule is C#CC(C)(CC)OCC(O)CN1CCN(Cc2ccc3c(c2)OCO3)CC1.Cl.Cl. The number of piperazine rings is 1. The number of aliphatic hydroxyl groups excluding tert-OH is 1. The summed E-state index contributed by atoms with van der Waals surface area (Å²) in [6, 6.07) is 6.13. The van der Waals surface area contributed by atoms with Gasteiger partial charge in [0.15, 0.2) is 11.5 Å². The van der Waals surface area contributed by atoms with Crippen LogP contribution < -0.4 is 9.47 Å². The van der Waals surface area contributed by atoms with E-state index in [0.717, 1.165) is 50.6 Å². The van der Waals surface area contributed by atoms with Gasteiger partial charge in [-0.05, 0) is 31.0 Å². The van der Waals surface area contributed by atoms with Crippen molar-refractivity contribution in [3.05, 3.63) is 23.8 Å². The average molecular weight is 447 g/mol. The van der Waals surface area contributed by atoms with Crippen LogP contribution in [0.2, 0.25) is 0 Å². The van der Waals surface area contributed by atoms with Crippen molar-refractivity contribution in [3.63, 3.8) is 0 Å². The lowest BCUT2D eigenvalue weighted by Crippen LogP contribution is -2.49. The van der Waals surface area contributed by atoms with Crippen molar-refractivity contribution < 1.29 is 19.3 Å². The molecule has 1 N–H and O–H groups in total.